The molecule has 7 rings (SSSR count). The standard InChI is InChI=1S/C43H56FN3O10S/c1-27-9-5-6-10-29-22-43(29,40(51)46-58(52,53)42(26-44)13-14-42)23-35(48)34-20-30(56-38-32-12-8-7-11-31(32)36(54-4)24-45-38)25-47(34)39(50)33(28(2)19-27)21-37(49)57-41(3)15-17-55-18-16-41/h6-8,10-12,24,27-30,33-34H,5,9,13-23,25-26H2,1-4H3,(H,46,51)/b10-6-/t27-,28+,29+,30+,33-,34-,43+/m0/s1. The molecule has 1 aromatic carbocycles. The lowest BCUT2D eigenvalue weighted by molar-refractivity contribution is -0.170. The number of alkyl halides is 1. The molecule has 2 saturated heterocycles. The van der Waals surface area contributed by atoms with Crippen molar-refractivity contribution in [2.75, 3.05) is 33.5 Å². The Balaban J connectivity index is 1.21. The summed E-state index contributed by atoms with van der Waals surface area (Å²) in [6.45, 7) is 5.78. The molecule has 2 aromatic rings. The fraction of sp³-hybridized carbons (Fsp3) is 0.651. The summed E-state index contributed by atoms with van der Waals surface area (Å²) in [6, 6.07) is 6.40. The molecule has 4 heterocycles. The van der Waals surface area contributed by atoms with Crippen LogP contribution in [0.25, 0.3) is 10.8 Å². The van der Waals surface area contributed by atoms with Crippen molar-refractivity contribution < 1.29 is 50.9 Å². The van der Waals surface area contributed by atoms with Gasteiger partial charge < -0.3 is 23.8 Å². The molecule has 58 heavy (non-hydrogen) atoms. The number of carbonyl (C=O) groups is 4. The Hall–Kier alpha value is -4.11. The normalized spacial score (nSPS) is 31.5. The predicted octanol–water partition coefficient (Wildman–Crippen LogP) is 5.64. The average molecular weight is 826 g/mol. The zero-order valence-corrected chi connectivity index (χ0v) is 34.7. The van der Waals surface area contributed by atoms with Crippen molar-refractivity contribution in [1.82, 2.24) is 14.6 Å². The van der Waals surface area contributed by atoms with Crippen molar-refractivity contribution in [2.45, 2.75) is 114 Å². The fourth-order valence-electron chi connectivity index (χ4n) is 9.20. The molecule has 0 unspecified atom stereocenters. The molecule has 0 spiro atoms. The van der Waals surface area contributed by atoms with Crippen LogP contribution >= 0.6 is 0 Å². The average Bonchev–Trinajstić information content (AvgIpc) is 4.10. The topological polar surface area (TPSA) is 167 Å². The third kappa shape index (κ3) is 8.48. The molecule has 2 amide bonds. The number of pyridine rings is 1. The third-order valence-corrected chi connectivity index (χ3v) is 15.4. The first-order valence-corrected chi connectivity index (χ1v) is 22.1. The van der Waals surface area contributed by atoms with Crippen LogP contribution in [0.15, 0.2) is 42.6 Å². The van der Waals surface area contributed by atoms with E-state index < -0.39 is 74.1 Å². The van der Waals surface area contributed by atoms with E-state index in [2.05, 4.69) is 16.6 Å². The summed E-state index contributed by atoms with van der Waals surface area (Å²) < 4.78 is 64.5. The van der Waals surface area contributed by atoms with Gasteiger partial charge in [-0.25, -0.2) is 17.8 Å². The number of ketones is 1. The van der Waals surface area contributed by atoms with E-state index in [1.807, 2.05) is 50.3 Å². The van der Waals surface area contributed by atoms with Crippen LogP contribution in [0.2, 0.25) is 0 Å². The maximum atomic E-state index is 15.0. The number of carbonyl (C=O) groups excluding carboxylic acids is 4. The molecule has 0 radical (unpaired) electrons. The number of aromatic nitrogens is 1. The summed E-state index contributed by atoms with van der Waals surface area (Å²) in [5.74, 6) is -2.61. The number of hydrogen-bond donors (Lipinski definition) is 1. The number of ether oxygens (including phenoxy) is 4. The number of allylic oxidation sites excluding steroid dienone is 2. The molecule has 1 aromatic heterocycles. The van der Waals surface area contributed by atoms with E-state index in [-0.39, 0.29) is 62.8 Å². The number of esters is 1. The van der Waals surface area contributed by atoms with Crippen LogP contribution in [0.5, 0.6) is 11.6 Å². The molecule has 15 heteroatoms. The van der Waals surface area contributed by atoms with Crippen LogP contribution in [-0.2, 0) is 38.7 Å². The first-order chi connectivity index (χ1) is 27.6. The van der Waals surface area contributed by atoms with Gasteiger partial charge in [0.1, 0.15) is 28.9 Å². The highest BCUT2D eigenvalue weighted by atomic mass is 32.2. The Bertz CT molecular complexity index is 2050. The van der Waals surface area contributed by atoms with Gasteiger partial charge in [-0.1, -0.05) is 44.2 Å². The van der Waals surface area contributed by atoms with Crippen LogP contribution in [0, 0.1) is 29.1 Å². The molecule has 0 bridgehead atoms. The highest BCUT2D eigenvalue weighted by molar-refractivity contribution is 7.91. The Labute approximate surface area is 339 Å². The van der Waals surface area contributed by atoms with Crippen LogP contribution < -0.4 is 14.2 Å². The number of fused-ring (bicyclic) bond motifs is 3. The van der Waals surface area contributed by atoms with Gasteiger partial charge in [-0.05, 0) is 69.3 Å². The smallest absolute Gasteiger partial charge is 0.307 e. The first-order valence-electron chi connectivity index (χ1n) is 20.6. The highest BCUT2D eigenvalue weighted by Crippen LogP contribution is 2.58. The van der Waals surface area contributed by atoms with Gasteiger partial charge in [-0.15, -0.1) is 0 Å². The minimum Gasteiger partial charge on any atom is -0.494 e. The van der Waals surface area contributed by atoms with E-state index in [1.54, 1.807) is 13.3 Å². The number of Topliss-reactive ketones (excluding diaryl/α,β-unsaturated/α-hetero) is 1. The number of hydrogen-bond acceptors (Lipinski definition) is 11. The Kier molecular flexibility index (Phi) is 12.0. The summed E-state index contributed by atoms with van der Waals surface area (Å²) in [4.78, 5) is 63.5. The van der Waals surface area contributed by atoms with E-state index in [1.165, 1.54) is 4.90 Å². The number of benzene rings is 1. The molecule has 13 nitrogen and oxygen atoms in total. The van der Waals surface area contributed by atoms with Crippen LogP contribution in [0.1, 0.15) is 91.4 Å². The van der Waals surface area contributed by atoms with E-state index >= 15 is 4.79 Å². The lowest BCUT2D eigenvalue weighted by Gasteiger charge is -2.35. The molecule has 7 atom stereocenters. The lowest BCUT2D eigenvalue weighted by Crippen LogP contribution is -2.48. The molecule has 2 saturated carbocycles. The van der Waals surface area contributed by atoms with E-state index in [0.717, 1.165) is 11.8 Å². The molecular formula is C43H56FN3O10S. The van der Waals surface area contributed by atoms with Crippen molar-refractivity contribution in [3.63, 3.8) is 0 Å². The number of methoxy groups -OCH3 is 1. The van der Waals surface area contributed by atoms with Gasteiger partial charge in [-0.2, -0.15) is 0 Å². The number of halogens is 1. The number of rotatable bonds is 10. The second-order valence-corrected chi connectivity index (χ2v) is 19.8. The molecule has 1 N–H and O–H groups in total. The molecule has 4 fully saturated rings. The number of nitrogens with zero attached hydrogens (tertiary/aromatic N) is 2. The Morgan fingerprint density at radius 3 is 2.48 bits per heavy atom. The second-order valence-electron chi connectivity index (χ2n) is 17.7. The fourth-order valence-corrected chi connectivity index (χ4v) is 10.6. The van der Waals surface area contributed by atoms with Gasteiger partial charge in [0.15, 0.2) is 5.78 Å². The maximum absolute atomic E-state index is 15.0. The molecule has 2 aliphatic carbocycles. The van der Waals surface area contributed by atoms with Crippen LogP contribution in [-0.4, -0.2) is 97.9 Å². The molecule has 316 valence electrons. The Morgan fingerprint density at radius 1 is 1.07 bits per heavy atom. The van der Waals surface area contributed by atoms with Crippen molar-refractivity contribution in [3.05, 3.63) is 42.6 Å². The van der Waals surface area contributed by atoms with E-state index in [4.69, 9.17) is 18.9 Å². The van der Waals surface area contributed by atoms with Gasteiger partial charge >= 0.3 is 5.97 Å². The van der Waals surface area contributed by atoms with Gasteiger partial charge in [0.2, 0.25) is 27.7 Å². The molecule has 5 aliphatic rings. The lowest BCUT2D eigenvalue weighted by atomic mass is 9.82. The highest BCUT2D eigenvalue weighted by Gasteiger charge is 2.63. The summed E-state index contributed by atoms with van der Waals surface area (Å²) in [6.07, 6.45) is 7.89. The molecular weight excluding hydrogens is 770 g/mol. The predicted molar refractivity (Wildman–Crippen MR) is 212 cm³/mol. The summed E-state index contributed by atoms with van der Waals surface area (Å²) in [7, 11) is -2.79. The van der Waals surface area contributed by atoms with Crippen molar-refractivity contribution in [2.24, 2.45) is 29.1 Å². The largest absolute Gasteiger partial charge is 0.494 e. The van der Waals surface area contributed by atoms with Crippen molar-refractivity contribution in [1.29, 1.82) is 0 Å². The number of nitrogens with one attached hydrogen (secondary N) is 1. The summed E-state index contributed by atoms with van der Waals surface area (Å²) in [5, 5.41) is 1.45. The van der Waals surface area contributed by atoms with E-state index in [0.29, 0.717) is 55.9 Å². The van der Waals surface area contributed by atoms with Gasteiger partial charge in [-0.3, -0.25) is 23.9 Å². The van der Waals surface area contributed by atoms with Gasteiger partial charge in [0.05, 0.1) is 56.9 Å². The van der Waals surface area contributed by atoms with Crippen molar-refractivity contribution in [3.8, 4) is 11.6 Å². The zero-order valence-electron chi connectivity index (χ0n) is 33.9. The van der Waals surface area contributed by atoms with Crippen LogP contribution in [0.4, 0.5) is 4.39 Å². The maximum Gasteiger partial charge on any atom is 0.307 e. The van der Waals surface area contributed by atoms with Gasteiger partial charge in [0.25, 0.3) is 0 Å². The van der Waals surface area contributed by atoms with Crippen LogP contribution in [0.3, 0.4) is 0 Å². The quantitative estimate of drug-likeness (QED) is 0.233. The minimum atomic E-state index is -4.34. The molecule has 3 aliphatic heterocycles. The number of amides is 2. The SMILES string of the molecule is COc1cnc(O[C@@H]2C[C@H]3C(=O)C[C@]4(C(=O)NS(=O)(=O)C5(CF)CC5)C[C@H]4/C=C\CC[C@H](C)C[C@@H](C)[C@H](CC(=O)OC4(C)CCOCC4)C(=O)N3C2)c2ccccc12. The van der Waals surface area contributed by atoms with E-state index in [9.17, 15) is 27.2 Å². The minimum absolute atomic E-state index is 0.01000. The first kappa shape index (κ1) is 42.0. The number of sulfonamides is 1. The monoisotopic (exact) mass is 825 g/mol. The zero-order chi connectivity index (χ0) is 41.5. The summed E-state index contributed by atoms with van der Waals surface area (Å²) >= 11 is 0. The second kappa shape index (κ2) is 16.5. The Morgan fingerprint density at radius 2 is 1.79 bits per heavy atom. The van der Waals surface area contributed by atoms with Gasteiger partial charge in [0, 0.05) is 36.5 Å². The van der Waals surface area contributed by atoms with Crippen molar-refractivity contribution >= 4 is 44.4 Å². The summed E-state index contributed by atoms with van der Waals surface area (Å²) in [5.41, 5.74) is -2.11. The third-order valence-electron chi connectivity index (χ3n) is 13.3.